The van der Waals surface area contributed by atoms with Gasteiger partial charge in [0.15, 0.2) is 0 Å². The molecule has 0 fully saturated rings. The van der Waals surface area contributed by atoms with Crippen molar-refractivity contribution in [2.75, 3.05) is 6.54 Å². The number of fused-ring (bicyclic) bond motifs is 1. The van der Waals surface area contributed by atoms with Gasteiger partial charge in [-0.3, -0.25) is 14.6 Å². The van der Waals surface area contributed by atoms with Crippen molar-refractivity contribution in [1.29, 1.82) is 0 Å². The van der Waals surface area contributed by atoms with E-state index in [9.17, 15) is 9.59 Å². The van der Waals surface area contributed by atoms with Gasteiger partial charge in [-0.2, -0.15) is 0 Å². The number of rotatable bonds is 3. The number of carbonyl (C=O) groups is 2. The second-order valence-corrected chi connectivity index (χ2v) is 6.57. The Morgan fingerprint density at radius 2 is 2.14 bits per heavy atom. The molecule has 5 nitrogen and oxygen atoms in total. The van der Waals surface area contributed by atoms with Crippen LogP contribution < -0.4 is 0 Å². The summed E-state index contributed by atoms with van der Waals surface area (Å²) in [5.74, 6) is -0.556. The summed E-state index contributed by atoms with van der Waals surface area (Å²) < 4.78 is 5.31. The predicted octanol–water partition coefficient (Wildman–Crippen LogP) is 2.75. The third-order valence-electron chi connectivity index (χ3n) is 3.53. The highest BCUT2D eigenvalue weighted by molar-refractivity contribution is 5.99. The lowest BCUT2D eigenvalue weighted by Gasteiger charge is -2.34. The molecule has 0 N–H and O–H groups in total. The summed E-state index contributed by atoms with van der Waals surface area (Å²) in [5.41, 5.74) is 1.66. The Labute approximate surface area is 131 Å². The maximum atomic E-state index is 12.7. The van der Waals surface area contributed by atoms with Crippen LogP contribution in [0.2, 0.25) is 0 Å². The molecule has 0 aromatic heterocycles. The molecule has 0 aliphatic carbocycles. The highest BCUT2D eigenvalue weighted by Crippen LogP contribution is 2.27. The minimum Gasteiger partial charge on any atom is -0.459 e. The summed E-state index contributed by atoms with van der Waals surface area (Å²) in [5, 5.41) is 0. The molecular formula is C17H22N2O3. The van der Waals surface area contributed by atoms with Gasteiger partial charge < -0.3 is 9.64 Å². The zero-order valence-electron chi connectivity index (χ0n) is 13.5. The second-order valence-electron chi connectivity index (χ2n) is 6.57. The topological polar surface area (TPSA) is 59.0 Å². The lowest BCUT2D eigenvalue weighted by molar-refractivity contribution is -0.156. The Morgan fingerprint density at radius 3 is 2.73 bits per heavy atom. The molecule has 0 saturated carbocycles. The van der Waals surface area contributed by atoms with E-state index in [2.05, 4.69) is 11.7 Å². The molecule has 1 aromatic rings. The SMILES string of the molecule is C=Nc1ccc2c(c1)C(=O)N(CC(=O)OC(C)(C)C)C(C)C2. The van der Waals surface area contributed by atoms with Gasteiger partial charge in [0.1, 0.15) is 12.1 Å². The molecule has 5 heteroatoms. The number of ether oxygens (including phenoxy) is 1. The van der Waals surface area contributed by atoms with Crippen LogP contribution in [0, 0.1) is 0 Å². The molecule has 0 radical (unpaired) electrons. The maximum absolute atomic E-state index is 12.7. The number of hydrogen-bond donors (Lipinski definition) is 0. The molecule has 1 aromatic carbocycles. The molecular weight excluding hydrogens is 280 g/mol. The fourth-order valence-electron chi connectivity index (χ4n) is 2.56. The first kappa shape index (κ1) is 16.2. The van der Waals surface area contributed by atoms with Gasteiger partial charge >= 0.3 is 5.97 Å². The molecule has 1 heterocycles. The monoisotopic (exact) mass is 302 g/mol. The Hall–Kier alpha value is -2.17. The van der Waals surface area contributed by atoms with Crippen molar-refractivity contribution in [2.45, 2.75) is 45.8 Å². The molecule has 2 rings (SSSR count). The van der Waals surface area contributed by atoms with Gasteiger partial charge in [0.05, 0.1) is 5.69 Å². The van der Waals surface area contributed by atoms with E-state index in [4.69, 9.17) is 4.74 Å². The van der Waals surface area contributed by atoms with Crippen LogP contribution in [0.4, 0.5) is 5.69 Å². The largest absolute Gasteiger partial charge is 0.459 e. The minimum absolute atomic E-state index is 0.0392. The second kappa shape index (κ2) is 5.91. The third kappa shape index (κ3) is 3.53. The Balaban J connectivity index is 2.21. The number of esters is 1. The molecule has 1 aliphatic heterocycles. The lowest BCUT2D eigenvalue weighted by atomic mass is 9.93. The quantitative estimate of drug-likeness (QED) is 0.637. The number of benzene rings is 1. The zero-order valence-corrected chi connectivity index (χ0v) is 13.5. The summed E-state index contributed by atoms with van der Waals surface area (Å²) in [6.07, 6.45) is 0.710. The van der Waals surface area contributed by atoms with Gasteiger partial charge in [-0.1, -0.05) is 6.07 Å². The predicted molar refractivity (Wildman–Crippen MR) is 85.7 cm³/mol. The van der Waals surface area contributed by atoms with E-state index in [1.54, 1.807) is 11.0 Å². The van der Waals surface area contributed by atoms with E-state index in [1.807, 2.05) is 39.8 Å². The van der Waals surface area contributed by atoms with Crippen LogP contribution in [-0.4, -0.2) is 41.7 Å². The minimum atomic E-state index is -0.559. The molecule has 1 atom stereocenters. The average molecular weight is 302 g/mol. The van der Waals surface area contributed by atoms with Crippen molar-refractivity contribution >= 4 is 24.3 Å². The third-order valence-corrected chi connectivity index (χ3v) is 3.53. The van der Waals surface area contributed by atoms with Crippen LogP contribution in [0.15, 0.2) is 23.2 Å². The van der Waals surface area contributed by atoms with E-state index in [-0.39, 0.29) is 18.5 Å². The lowest BCUT2D eigenvalue weighted by Crippen LogP contribution is -2.47. The van der Waals surface area contributed by atoms with Crippen molar-refractivity contribution in [3.63, 3.8) is 0 Å². The molecule has 0 spiro atoms. The van der Waals surface area contributed by atoms with Crippen LogP contribution in [0.25, 0.3) is 0 Å². The molecule has 118 valence electrons. The zero-order chi connectivity index (χ0) is 16.5. The number of aliphatic imine (C=N–C) groups is 1. The van der Waals surface area contributed by atoms with Gasteiger partial charge in [-0.25, -0.2) is 0 Å². The van der Waals surface area contributed by atoms with Gasteiger partial charge in [0.2, 0.25) is 0 Å². The average Bonchev–Trinajstić information content (AvgIpc) is 2.41. The fourth-order valence-corrected chi connectivity index (χ4v) is 2.56. The first-order valence-corrected chi connectivity index (χ1v) is 7.34. The maximum Gasteiger partial charge on any atom is 0.326 e. The first-order valence-electron chi connectivity index (χ1n) is 7.34. The van der Waals surface area contributed by atoms with Crippen LogP contribution >= 0.6 is 0 Å². The summed E-state index contributed by atoms with van der Waals surface area (Å²) >= 11 is 0. The number of carbonyl (C=O) groups excluding carboxylic acids is 2. The van der Waals surface area contributed by atoms with Gasteiger partial charge in [-0.15, -0.1) is 0 Å². The van der Waals surface area contributed by atoms with E-state index in [1.165, 1.54) is 0 Å². The molecule has 22 heavy (non-hydrogen) atoms. The Kier molecular flexibility index (Phi) is 4.35. The first-order chi connectivity index (χ1) is 10.2. The molecule has 1 aliphatic rings. The molecule has 1 amide bonds. The Bertz CT molecular complexity index is 617. The summed E-state index contributed by atoms with van der Waals surface area (Å²) in [6, 6.07) is 5.42. The fraction of sp³-hybridized carbons (Fsp3) is 0.471. The van der Waals surface area contributed by atoms with Crippen LogP contribution in [0.3, 0.4) is 0 Å². The van der Waals surface area contributed by atoms with E-state index < -0.39 is 11.6 Å². The Morgan fingerprint density at radius 1 is 1.45 bits per heavy atom. The molecule has 0 saturated heterocycles. The van der Waals surface area contributed by atoms with Crippen molar-refractivity contribution in [3.8, 4) is 0 Å². The highest BCUT2D eigenvalue weighted by atomic mass is 16.6. The van der Waals surface area contributed by atoms with Crippen molar-refractivity contribution in [1.82, 2.24) is 4.90 Å². The van der Waals surface area contributed by atoms with E-state index >= 15 is 0 Å². The van der Waals surface area contributed by atoms with Gasteiger partial charge in [-0.05, 0) is 58.5 Å². The smallest absolute Gasteiger partial charge is 0.326 e. The van der Waals surface area contributed by atoms with Gasteiger partial charge in [0.25, 0.3) is 5.91 Å². The van der Waals surface area contributed by atoms with Crippen molar-refractivity contribution in [2.24, 2.45) is 4.99 Å². The van der Waals surface area contributed by atoms with Crippen molar-refractivity contribution in [3.05, 3.63) is 29.3 Å². The highest BCUT2D eigenvalue weighted by Gasteiger charge is 2.32. The number of amides is 1. The summed E-state index contributed by atoms with van der Waals surface area (Å²) in [6.45, 7) is 10.8. The van der Waals surface area contributed by atoms with Crippen molar-refractivity contribution < 1.29 is 14.3 Å². The van der Waals surface area contributed by atoms with Crippen LogP contribution in [0.1, 0.15) is 43.6 Å². The molecule has 0 bridgehead atoms. The summed E-state index contributed by atoms with van der Waals surface area (Å²) in [4.78, 5) is 30.1. The van der Waals surface area contributed by atoms with E-state index in [0.717, 1.165) is 5.56 Å². The summed E-state index contributed by atoms with van der Waals surface area (Å²) in [7, 11) is 0. The number of nitrogens with zero attached hydrogens (tertiary/aromatic N) is 2. The number of hydrogen-bond acceptors (Lipinski definition) is 4. The standard InChI is InChI=1S/C17H22N2O3/c1-11-8-12-6-7-13(18-5)9-14(12)16(21)19(11)10-15(20)22-17(2,3)4/h6-7,9,11H,5,8,10H2,1-4H3. The van der Waals surface area contributed by atoms with Crippen LogP contribution in [-0.2, 0) is 16.0 Å². The van der Waals surface area contributed by atoms with Gasteiger partial charge in [0, 0.05) is 11.6 Å². The van der Waals surface area contributed by atoms with Crippen LogP contribution in [0.5, 0.6) is 0 Å². The van der Waals surface area contributed by atoms with E-state index in [0.29, 0.717) is 17.7 Å². The normalized spacial score (nSPS) is 17.9. The molecule has 1 unspecified atom stereocenters.